The SMILES string of the molecule is CN=C(NCc1cccc(CN2CCCC2=O)c1)NCc1ccccc1Cn1cccn1.I. The molecule has 1 aliphatic rings. The molecule has 0 atom stereocenters. The van der Waals surface area contributed by atoms with E-state index in [4.69, 9.17) is 0 Å². The third-order valence-electron chi connectivity index (χ3n) is 5.68. The Kier molecular flexibility index (Phi) is 9.29. The zero-order chi connectivity index (χ0) is 22.2. The fraction of sp³-hybridized carbons (Fsp3) is 0.320. The summed E-state index contributed by atoms with van der Waals surface area (Å²) in [5, 5.41) is 11.1. The molecule has 1 amide bonds. The van der Waals surface area contributed by atoms with E-state index in [9.17, 15) is 4.79 Å². The second-order valence-electron chi connectivity index (χ2n) is 7.99. The fourth-order valence-corrected chi connectivity index (χ4v) is 3.97. The number of likely N-dealkylation sites (tertiary alicyclic amines) is 1. The van der Waals surface area contributed by atoms with Crippen LogP contribution in [-0.2, 0) is 31.0 Å². The summed E-state index contributed by atoms with van der Waals surface area (Å²) in [5.41, 5.74) is 4.76. The van der Waals surface area contributed by atoms with Crippen LogP contribution in [-0.4, -0.2) is 40.1 Å². The molecule has 2 N–H and O–H groups in total. The number of hydrogen-bond donors (Lipinski definition) is 2. The van der Waals surface area contributed by atoms with Gasteiger partial charge in [-0.15, -0.1) is 24.0 Å². The number of benzene rings is 2. The largest absolute Gasteiger partial charge is 0.352 e. The maximum absolute atomic E-state index is 11.9. The van der Waals surface area contributed by atoms with E-state index in [-0.39, 0.29) is 29.9 Å². The smallest absolute Gasteiger partial charge is 0.222 e. The Morgan fingerprint density at radius 1 is 1.00 bits per heavy atom. The zero-order valence-electron chi connectivity index (χ0n) is 18.9. The van der Waals surface area contributed by atoms with Gasteiger partial charge in [0, 0.05) is 52.0 Å². The molecule has 0 spiro atoms. The predicted molar refractivity (Wildman–Crippen MR) is 141 cm³/mol. The number of amides is 1. The Morgan fingerprint density at radius 2 is 1.79 bits per heavy atom. The molecule has 1 aliphatic heterocycles. The first-order valence-electron chi connectivity index (χ1n) is 11.1. The van der Waals surface area contributed by atoms with E-state index in [0.29, 0.717) is 26.1 Å². The number of nitrogens with one attached hydrogen (secondary N) is 2. The Labute approximate surface area is 212 Å². The normalized spacial score (nSPS) is 13.7. The molecule has 0 radical (unpaired) electrons. The number of carbonyl (C=O) groups is 1. The summed E-state index contributed by atoms with van der Waals surface area (Å²) < 4.78 is 1.93. The lowest BCUT2D eigenvalue weighted by molar-refractivity contribution is -0.128. The predicted octanol–water partition coefficient (Wildman–Crippen LogP) is 3.54. The van der Waals surface area contributed by atoms with Crippen molar-refractivity contribution in [1.82, 2.24) is 25.3 Å². The first-order chi connectivity index (χ1) is 15.7. The molecule has 2 heterocycles. The van der Waals surface area contributed by atoms with E-state index in [1.807, 2.05) is 21.8 Å². The van der Waals surface area contributed by atoms with Crippen LogP contribution in [0.15, 0.2) is 72.0 Å². The molecule has 0 saturated carbocycles. The molecule has 0 unspecified atom stereocenters. The summed E-state index contributed by atoms with van der Waals surface area (Å²) in [5.74, 6) is 1.00. The summed E-state index contributed by atoms with van der Waals surface area (Å²) in [6.07, 6.45) is 5.41. The summed E-state index contributed by atoms with van der Waals surface area (Å²) >= 11 is 0. The van der Waals surface area contributed by atoms with Crippen molar-refractivity contribution < 1.29 is 4.79 Å². The first-order valence-corrected chi connectivity index (χ1v) is 11.1. The van der Waals surface area contributed by atoms with Crippen LogP contribution in [0.1, 0.15) is 35.1 Å². The van der Waals surface area contributed by atoms with Crippen molar-refractivity contribution in [2.75, 3.05) is 13.6 Å². The number of hydrogen-bond acceptors (Lipinski definition) is 3. The van der Waals surface area contributed by atoms with Crippen molar-refractivity contribution in [3.63, 3.8) is 0 Å². The quantitative estimate of drug-likeness (QED) is 0.252. The number of aliphatic imine (C=N–C) groups is 1. The highest BCUT2D eigenvalue weighted by Crippen LogP contribution is 2.15. The van der Waals surface area contributed by atoms with E-state index < -0.39 is 0 Å². The number of nitrogens with zero attached hydrogens (tertiary/aromatic N) is 4. The monoisotopic (exact) mass is 558 g/mol. The van der Waals surface area contributed by atoms with Crippen molar-refractivity contribution in [2.45, 2.75) is 39.0 Å². The molecule has 33 heavy (non-hydrogen) atoms. The number of guanidine groups is 1. The van der Waals surface area contributed by atoms with Gasteiger partial charge in [-0.05, 0) is 34.7 Å². The van der Waals surface area contributed by atoms with Gasteiger partial charge in [-0.25, -0.2) is 0 Å². The molecule has 0 bridgehead atoms. The second kappa shape index (κ2) is 12.4. The summed E-state index contributed by atoms with van der Waals surface area (Å²) in [6.45, 7) is 3.63. The molecular weight excluding hydrogens is 527 g/mol. The first kappa shape index (κ1) is 24.8. The van der Waals surface area contributed by atoms with Gasteiger partial charge in [-0.1, -0.05) is 48.5 Å². The van der Waals surface area contributed by atoms with Gasteiger partial charge >= 0.3 is 0 Å². The standard InChI is InChI=1S/C25H30N6O.HI/c1-26-25(28-17-22-9-2-3-10-23(22)19-31-14-6-12-29-31)27-16-20-7-4-8-21(15-20)18-30-13-5-11-24(30)32;/h2-4,6-10,12,14-15H,5,11,13,16-19H2,1H3,(H2,26,27,28);1H. The minimum Gasteiger partial charge on any atom is -0.352 e. The van der Waals surface area contributed by atoms with Gasteiger partial charge in [0.1, 0.15) is 0 Å². The lowest BCUT2D eigenvalue weighted by Gasteiger charge is -2.17. The highest BCUT2D eigenvalue weighted by molar-refractivity contribution is 14.0. The van der Waals surface area contributed by atoms with Gasteiger partial charge in [0.25, 0.3) is 0 Å². The minimum atomic E-state index is 0. The van der Waals surface area contributed by atoms with Crippen LogP contribution in [0.4, 0.5) is 0 Å². The van der Waals surface area contributed by atoms with Crippen molar-refractivity contribution in [2.24, 2.45) is 4.99 Å². The third kappa shape index (κ3) is 7.05. The molecule has 7 nitrogen and oxygen atoms in total. The number of carbonyl (C=O) groups excluding carboxylic acids is 1. The maximum Gasteiger partial charge on any atom is 0.222 e. The van der Waals surface area contributed by atoms with E-state index in [2.05, 4.69) is 69.3 Å². The van der Waals surface area contributed by atoms with Crippen molar-refractivity contribution in [3.05, 3.63) is 89.2 Å². The number of rotatable bonds is 8. The molecule has 0 aliphatic carbocycles. The molecule has 3 aromatic rings. The summed E-state index contributed by atoms with van der Waals surface area (Å²) in [6, 6.07) is 18.7. The highest BCUT2D eigenvalue weighted by atomic mass is 127. The molecule has 1 fully saturated rings. The van der Waals surface area contributed by atoms with Crippen molar-refractivity contribution in [3.8, 4) is 0 Å². The number of aromatic nitrogens is 2. The lowest BCUT2D eigenvalue weighted by Crippen LogP contribution is -2.36. The van der Waals surface area contributed by atoms with Gasteiger partial charge < -0.3 is 15.5 Å². The Hall–Kier alpha value is -2.88. The van der Waals surface area contributed by atoms with Crippen molar-refractivity contribution >= 4 is 35.8 Å². The molecule has 174 valence electrons. The van der Waals surface area contributed by atoms with Crippen LogP contribution >= 0.6 is 24.0 Å². The second-order valence-corrected chi connectivity index (χ2v) is 7.99. The fourth-order valence-electron chi connectivity index (χ4n) is 3.97. The molecule has 1 saturated heterocycles. The van der Waals surface area contributed by atoms with Gasteiger partial charge in [0.05, 0.1) is 6.54 Å². The van der Waals surface area contributed by atoms with Crippen molar-refractivity contribution in [1.29, 1.82) is 0 Å². The average molecular weight is 558 g/mol. The Balaban J connectivity index is 0.00000306. The Morgan fingerprint density at radius 3 is 2.52 bits per heavy atom. The molecular formula is C25H31IN6O. The topological polar surface area (TPSA) is 74.6 Å². The van der Waals surface area contributed by atoms with Crippen LogP contribution in [0.2, 0.25) is 0 Å². The van der Waals surface area contributed by atoms with Crippen LogP contribution in [0, 0.1) is 0 Å². The van der Waals surface area contributed by atoms with Crippen LogP contribution < -0.4 is 10.6 Å². The maximum atomic E-state index is 11.9. The van der Waals surface area contributed by atoms with Gasteiger partial charge in [0.2, 0.25) is 5.91 Å². The Bertz CT molecular complexity index is 1070. The van der Waals surface area contributed by atoms with Crippen LogP contribution in [0.25, 0.3) is 0 Å². The molecule has 1 aromatic heterocycles. The molecule has 8 heteroatoms. The molecule has 4 rings (SSSR count). The third-order valence-corrected chi connectivity index (χ3v) is 5.68. The average Bonchev–Trinajstić information content (AvgIpc) is 3.47. The summed E-state index contributed by atoms with van der Waals surface area (Å²) in [7, 11) is 1.78. The molecule has 2 aromatic carbocycles. The lowest BCUT2D eigenvalue weighted by atomic mass is 10.1. The minimum absolute atomic E-state index is 0. The van der Waals surface area contributed by atoms with Gasteiger partial charge in [-0.3, -0.25) is 14.5 Å². The zero-order valence-corrected chi connectivity index (χ0v) is 21.2. The van der Waals surface area contributed by atoms with Crippen LogP contribution in [0.3, 0.4) is 0 Å². The van der Waals surface area contributed by atoms with E-state index in [1.54, 1.807) is 13.2 Å². The van der Waals surface area contributed by atoms with Gasteiger partial charge in [0.15, 0.2) is 5.96 Å². The van der Waals surface area contributed by atoms with E-state index in [1.165, 1.54) is 11.1 Å². The number of halogens is 1. The summed E-state index contributed by atoms with van der Waals surface area (Å²) in [4.78, 5) is 18.2. The van der Waals surface area contributed by atoms with E-state index >= 15 is 0 Å². The highest BCUT2D eigenvalue weighted by Gasteiger charge is 2.19. The van der Waals surface area contributed by atoms with Gasteiger partial charge in [-0.2, -0.15) is 5.10 Å². The van der Waals surface area contributed by atoms with E-state index in [0.717, 1.165) is 36.6 Å². The van der Waals surface area contributed by atoms with Crippen LogP contribution in [0.5, 0.6) is 0 Å².